The summed E-state index contributed by atoms with van der Waals surface area (Å²) in [6.45, 7) is 1.94. The van der Waals surface area contributed by atoms with Crippen LogP contribution in [0.1, 0.15) is 27.0 Å². The molecule has 0 radical (unpaired) electrons. The van der Waals surface area contributed by atoms with Crippen LogP contribution in [-0.4, -0.2) is 17.0 Å². The Morgan fingerprint density at radius 3 is 2.50 bits per heavy atom. The van der Waals surface area contributed by atoms with Crippen LogP contribution in [0.15, 0.2) is 40.2 Å². The molecule has 0 spiro atoms. The van der Waals surface area contributed by atoms with Gasteiger partial charge in [0, 0.05) is 16.7 Å². The quantitative estimate of drug-likeness (QED) is 0.694. The number of benzene rings is 1. The lowest BCUT2D eigenvalue weighted by atomic mass is 10.0. The summed E-state index contributed by atoms with van der Waals surface area (Å²) < 4.78 is 0. The maximum Gasteiger partial charge on any atom is 0.267 e. The molecule has 0 bridgehead atoms. The van der Waals surface area contributed by atoms with E-state index in [9.17, 15) is 9.59 Å². The van der Waals surface area contributed by atoms with Gasteiger partial charge in [0.1, 0.15) is 11.6 Å². The first kappa shape index (κ1) is 14.1. The fourth-order valence-corrected chi connectivity index (χ4v) is 2.57. The van der Waals surface area contributed by atoms with Crippen molar-refractivity contribution in [2.75, 3.05) is 6.26 Å². The minimum absolute atomic E-state index is 0.0181. The zero-order valence-corrected chi connectivity index (χ0v) is 11.9. The second kappa shape index (κ2) is 5.76. The second-order valence-electron chi connectivity index (χ2n) is 4.25. The Bertz CT molecular complexity index is 755. The molecular formula is C15H12N2O2S. The van der Waals surface area contributed by atoms with Gasteiger partial charge in [0.25, 0.3) is 5.56 Å². The van der Waals surface area contributed by atoms with E-state index >= 15 is 0 Å². The van der Waals surface area contributed by atoms with Gasteiger partial charge in [0.15, 0.2) is 5.78 Å². The van der Waals surface area contributed by atoms with Gasteiger partial charge in [0.05, 0.1) is 5.56 Å². The third-order valence-electron chi connectivity index (χ3n) is 2.92. The molecule has 0 saturated heterocycles. The summed E-state index contributed by atoms with van der Waals surface area (Å²) in [6.07, 6.45) is 3.11. The van der Waals surface area contributed by atoms with E-state index in [4.69, 9.17) is 5.26 Å². The van der Waals surface area contributed by atoms with Gasteiger partial charge in [0.2, 0.25) is 0 Å². The second-order valence-corrected chi connectivity index (χ2v) is 5.06. The third-order valence-corrected chi connectivity index (χ3v) is 3.75. The summed E-state index contributed by atoms with van der Waals surface area (Å²) in [5, 5.41) is 9.05. The Morgan fingerprint density at radius 1 is 1.30 bits per heavy atom. The van der Waals surface area contributed by atoms with Crippen LogP contribution in [0.4, 0.5) is 0 Å². The zero-order chi connectivity index (χ0) is 14.7. The molecule has 100 valence electrons. The van der Waals surface area contributed by atoms with E-state index in [-0.39, 0.29) is 11.3 Å². The third kappa shape index (κ3) is 2.51. The van der Waals surface area contributed by atoms with Crippen molar-refractivity contribution >= 4 is 17.5 Å². The summed E-state index contributed by atoms with van der Waals surface area (Å²) in [4.78, 5) is 26.9. The lowest BCUT2D eigenvalue weighted by molar-refractivity contribution is 0.103. The fourth-order valence-electron chi connectivity index (χ4n) is 1.86. The van der Waals surface area contributed by atoms with E-state index in [1.54, 1.807) is 18.4 Å². The SMILES string of the molecule is CSc1c(C(=O)c2ccc(C)cc2)c[nH]c(=O)c1C#N. The van der Waals surface area contributed by atoms with E-state index in [1.807, 2.05) is 25.1 Å². The Hall–Kier alpha value is -2.32. The lowest BCUT2D eigenvalue weighted by Crippen LogP contribution is -2.15. The summed E-state index contributed by atoms with van der Waals surface area (Å²) in [7, 11) is 0. The van der Waals surface area contributed by atoms with Crippen molar-refractivity contribution in [3.8, 4) is 6.07 Å². The molecular weight excluding hydrogens is 272 g/mol. The average Bonchev–Trinajstić information content (AvgIpc) is 2.46. The molecule has 1 N–H and O–H groups in total. The van der Waals surface area contributed by atoms with Crippen LogP contribution in [0.2, 0.25) is 0 Å². The van der Waals surface area contributed by atoms with Crippen molar-refractivity contribution in [2.24, 2.45) is 0 Å². The van der Waals surface area contributed by atoms with E-state index < -0.39 is 5.56 Å². The number of thioether (sulfide) groups is 1. The number of carbonyl (C=O) groups excluding carboxylic acids is 1. The molecule has 0 saturated carbocycles. The number of hydrogen-bond acceptors (Lipinski definition) is 4. The predicted molar refractivity (Wildman–Crippen MR) is 78.2 cm³/mol. The first-order valence-corrected chi connectivity index (χ1v) is 7.12. The summed E-state index contributed by atoms with van der Waals surface area (Å²) in [5.74, 6) is -0.206. The highest BCUT2D eigenvalue weighted by molar-refractivity contribution is 7.98. The molecule has 1 aromatic heterocycles. The molecule has 0 amide bonds. The highest BCUT2D eigenvalue weighted by Crippen LogP contribution is 2.24. The van der Waals surface area contributed by atoms with Crippen molar-refractivity contribution in [1.29, 1.82) is 5.26 Å². The Balaban J connectivity index is 2.58. The van der Waals surface area contributed by atoms with Gasteiger partial charge < -0.3 is 4.98 Å². The summed E-state index contributed by atoms with van der Waals surface area (Å²) in [5.41, 5.74) is 1.44. The van der Waals surface area contributed by atoms with Crippen molar-refractivity contribution in [3.05, 3.63) is 63.1 Å². The van der Waals surface area contributed by atoms with E-state index in [0.29, 0.717) is 16.0 Å². The van der Waals surface area contributed by atoms with Gasteiger partial charge in [-0.3, -0.25) is 9.59 Å². The van der Waals surface area contributed by atoms with Gasteiger partial charge in [-0.15, -0.1) is 11.8 Å². The number of aromatic nitrogens is 1. The predicted octanol–water partition coefficient (Wildman–Crippen LogP) is 2.51. The number of H-pyrrole nitrogens is 1. The minimum atomic E-state index is -0.475. The topological polar surface area (TPSA) is 73.7 Å². The number of ketones is 1. The van der Waals surface area contributed by atoms with Crippen LogP contribution >= 0.6 is 11.8 Å². The van der Waals surface area contributed by atoms with Crippen LogP contribution in [0.25, 0.3) is 0 Å². The highest BCUT2D eigenvalue weighted by atomic mass is 32.2. The number of rotatable bonds is 3. The normalized spacial score (nSPS) is 10.1. The molecule has 1 heterocycles. The standard InChI is InChI=1S/C15H12N2O2S/c1-9-3-5-10(6-4-9)13(18)12-8-17-15(19)11(7-16)14(12)20-2/h3-6,8H,1-2H3,(H,17,19). The molecule has 5 heteroatoms. The highest BCUT2D eigenvalue weighted by Gasteiger charge is 2.18. The number of nitriles is 1. The molecule has 2 rings (SSSR count). The van der Waals surface area contributed by atoms with E-state index in [0.717, 1.165) is 5.56 Å². The zero-order valence-electron chi connectivity index (χ0n) is 11.1. The largest absolute Gasteiger partial charge is 0.327 e. The molecule has 1 aromatic carbocycles. The molecule has 0 aliphatic heterocycles. The summed E-state index contributed by atoms with van der Waals surface area (Å²) in [6, 6.07) is 9.02. The van der Waals surface area contributed by atoms with Crippen molar-refractivity contribution < 1.29 is 4.79 Å². The van der Waals surface area contributed by atoms with Crippen molar-refractivity contribution in [1.82, 2.24) is 4.98 Å². The molecule has 0 aliphatic carbocycles. The monoisotopic (exact) mass is 284 g/mol. The number of nitrogens with one attached hydrogen (secondary N) is 1. The number of nitrogens with zero attached hydrogens (tertiary/aromatic N) is 1. The van der Waals surface area contributed by atoms with Gasteiger partial charge in [-0.25, -0.2) is 0 Å². The molecule has 2 aromatic rings. The van der Waals surface area contributed by atoms with Gasteiger partial charge in [-0.2, -0.15) is 5.26 Å². The lowest BCUT2D eigenvalue weighted by Gasteiger charge is -2.07. The number of hydrogen-bond donors (Lipinski definition) is 1. The number of aryl methyl sites for hydroxylation is 1. The molecule has 20 heavy (non-hydrogen) atoms. The van der Waals surface area contributed by atoms with Crippen molar-refractivity contribution in [3.63, 3.8) is 0 Å². The molecule has 4 nitrogen and oxygen atoms in total. The van der Waals surface area contributed by atoms with E-state index in [1.165, 1.54) is 18.0 Å². The minimum Gasteiger partial charge on any atom is -0.327 e. The number of pyridine rings is 1. The summed E-state index contributed by atoms with van der Waals surface area (Å²) >= 11 is 1.22. The Morgan fingerprint density at radius 2 is 1.95 bits per heavy atom. The Labute approximate surface area is 120 Å². The van der Waals surface area contributed by atoms with E-state index in [2.05, 4.69) is 4.98 Å². The van der Waals surface area contributed by atoms with Crippen LogP contribution in [0.3, 0.4) is 0 Å². The fraction of sp³-hybridized carbons (Fsp3) is 0.133. The van der Waals surface area contributed by atoms with Crippen molar-refractivity contribution in [2.45, 2.75) is 11.8 Å². The molecule has 0 aliphatic rings. The van der Waals surface area contributed by atoms with Crippen LogP contribution in [0.5, 0.6) is 0 Å². The average molecular weight is 284 g/mol. The van der Waals surface area contributed by atoms with Gasteiger partial charge in [-0.05, 0) is 13.2 Å². The maximum atomic E-state index is 12.5. The molecule has 0 unspecified atom stereocenters. The molecule has 0 fully saturated rings. The first-order chi connectivity index (χ1) is 9.58. The Kier molecular flexibility index (Phi) is 4.06. The molecule has 0 atom stereocenters. The number of carbonyl (C=O) groups is 1. The van der Waals surface area contributed by atoms with Crippen LogP contribution in [0, 0.1) is 18.3 Å². The smallest absolute Gasteiger partial charge is 0.267 e. The van der Waals surface area contributed by atoms with Crippen LogP contribution < -0.4 is 5.56 Å². The van der Waals surface area contributed by atoms with Gasteiger partial charge >= 0.3 is 0 Å². The van der Waals surface area contributed by atoms with Gasteiger partial charge in [-0.1, -0.05) is 29.8 Å². The van der Waals surface area contributed by atoms with Crippen LogP contribution in [-0.2, 0) is 0 Å². The number of aromatic amines is 1. The maximum absolute atomic E-state index is 12.5. The first-order valence-electron chi connectivity index (χ1n) is 5.89.